The van der Waals surface area contributed by atoms with Crippen molar-refractivity contribution in [3.8, 4) is 6.07 Å². The molecule has 1 heterocycles. The Labute approximate surface area is 120 Å². The molecule has 1 atom stereocenters. The summed E-state index contributed by atoms with van der Waals surface area (Å²) < 4.78 is 5.79. The molecule has 2 nitrogen and oxygen atoms in total. The van der Waals surface area contributed by atoms with Crippen molar-refractivity contribution in [1.29, 1.82) is 5.26 Å². The molecule has 0 bridgehead atoms. The van der Waals surface area contributed by atoms with Crippen molar-refractivity contribution in [3.63, 3.8) is 0 Å². The van der Waals surface area contributed by atoms with E-state index in [4.69, 9.17) is 16.3 Å². The molecule has 1 aliphatic rings. The largest absolute Gasteiger partial charge is 0.376 e. The molecule has 1 aliphatic heterocycles. The Morgan fingerprint density at radius 1 is 1.37 bits per heavy atom. The number of rotatable bonds is 3. The summed E-state index contributed by atoms with van der Waals surface area (Å²) in [5.41, 5.74) is 0.967. The lowest BCUT2D eigenvalue weighted by Crippen LogP contribution is -2.42. The fraction of sp³-hybridized carbons (Fsp3) is 0.562. The summed E-state index contributed by atoms with van der Waals surface area (Å²) in [6.45, 7) is 4.93. The maximum Gasteiger partial charge on any atom is 0.0632 e. The number of halogens is 1. The molecule has 102 valence electrons. The van der Waals surface area contributed by atoms with Gasteiger partial charge in [-0.1, -0.05) is 29.8 Å². The van der Waals surface area contributed by atoms with Crippen LogP contribution >= 0.6 is 11.6 Å². The van der Waals surface area contributed by atoms with E-state index in [0.29, 0.717) is 6.42 Å². The highest BCUT2D eigenvalue weighted by Crippen LogP contribution is 2.44. The van der Waals surface area contributed by atoms with E-state index in [-0.39, 0.29) is 11.0 Å². The smallest absolute Gasteiger partial charge is 0.0632 e. The SMILES string of the molecule is CC1(C)C[C@](CC#N)(Cc2ccccc2Cl)CCO1. The normalized spacial score (nSPS) is 25.8. The van der Waals surface area contributed by atoms with Crippen LogP contribution in [0.2, 0.25) is 5.02 Å². The second-order valence-corrected chi connectivity index (χ2v) is 6.55. The van der Waals surface area contributed by atoms with Crippen molar-refractivity contribution in [2.45, 2.75) is 45.1 Å². The number of nitriles is 1. The van der Waals surface area contributed by atoms with Crippen molar-refractivity contribution in [2.75, 3.05) is 6.61 Å². The van der Waals surface area contributed by atoms with Gasteiger partial charge < -0.3 is 4.74 Å². The molecule has 0 aliphatic carbocycles. The van der Waals surface area contributed by atoms with Gasteiger partial charge in [-0.15, -0.1) is 0 Å². The molecule has 0 spiro atoms. The van der Waals surface area contributed by atoms with Gasteiger partial charge in [-0.3, -0.25) is 0 Å². The summed E-state index contributed by atoms with van der Waals surface area (Å²) in [5.74, 6) is 0. The van der Waals surface area contributed by atoms with Crippen LogP contribution in [0.3, 0.4) is 0 Å². The average Bonchev–Trinajstić information content (AvgIpc) is 2.31. The predicted molar refractivity (Wildman–Crippen MR) is 77.1 cm³/mol. The molecule has 0 N–H and O–H groups in total. The highest BCUT2D eigenvalue weighted by Gasteiger charge is 2.41. The van der Waals surface area contributed by atoms with Crippen LogP contribution in [0, 0.1) is 16.7 Å². The van der Waals surface area contributed by atoms with Crippen LogP contribution in [0.15, 0.2) is 24.3 Å². The van der Waals surface area contributed by atoms with Gasteiger partial charge in [0.05, 0.1) is 11.7 Å². The molecule has 0 unspecified atom stereocenters. The second kappa shape index (κ2) is 5.53. The van der Waals surface area contributed by atoms with Crippen molar-refractivity contribution < 1.29 is 4.74 Å². The topological polar surface area (TPSA) is 33.0 Å². The number of hydrogen-bond donors (Lipinski definition) is 0. The molecule has 0 saturated carbocycles. The van der Waals surface area contributed by atoms with Gasteiger partial charge in [0.1, 0.15) is 0 Å². The molecular weight excluding hydrogens is 258 g/mol. The highest BCUT2D eigenvalue weighted by atomic mass is 35.5. The molecule has 1 aromatic carbocycles. The first-order valence-electron chi connectivity index (χ1n) is 6.71. The zero-order chi connectivity index (χ0) is 13.9. The summed E-state index contributed by atoms with van der Waals surface area (Å²) in [4.78, 5) is 0. The minimum absolute atomic E-state index is 0.0124. The van der Waals surface area contributed by atoms with Crippen LogP contribution in [0.5, 0.6) is 0 Å². The monoisotopic (exact) mass is 277 g/mol. The average molecular weight is 278 g/mol. The molecular formula is C16H20ClNO. The minimum atomic E-state index is -0.156. The maximum absolute atomic E-state index is 9.18. The molecule has 19 heavy (non-hydrogen) atoms. The van der Waals surface area contributed by atoms with Gasteiger partial charge in [0, 0.05) is 18.1 Å². The lowest BCUT2D eigenvalue weighted by Gasteiger charge is -2.44. The van der Waals surface area contributed by atoms with E-state index in [2.05, 4.69) is 26.0 Å². The van der Waals surface area contributed by atoms with Gasteiger partial charge in [0.25, 0.3) is 0 Å². The van der Waals surface area contributed by atoms with E-state index in [9.17, 15) is 5.26 Å². The number of benzene rings is 1. The summed E-state index contributed by atoms with van der Waals surface area (Å²) in [6.07, 6.45) is 3.24. The Hall–Kier alpha value is -1.04. The third-order valence-corrected chi connectivity index (χ3v) is 4.27. The molecule has 1 saturated heterocycles. The van der Waals surface area contributed by atoms with Gasteiger partial charge >= 0.3 is 0 Å². The third kappa shape index (κ3) is 3.49. The zero-order valence-electron chi connectivity index (χ0n) is 11.6. The van der Waals surface area contributed by atoms with Gasteiger partial charge in [0.2, 0.25) is 0 Å². The molecule has 0 aromatic heterocycles. The van der Waals surface area contributed by atoms with E-state index in [1.807, 2.05) is 18.2 Å². The number of ether oxygens (including phenoxy) is 1. The van der Waals surface area contributed by atoms with E-state index in [1.165, 1.54) is 0 Å². The lowest BCUT2D eigenvalue weighted by molar-refractivity contribution is -0.103. The first-order chi connectivity index (χ1) is 8.96. The summed E-state index contributed by atoms with van der Waals surface area (Å²) >= 11 is 6.26. The first kappa shape index (κ1) is 14.4. The Morgan fingerprint density at radius 2 is 2.11 bits per heavy atom. The Kier molecular flexibility index (Phi) is 4.18. The standard InChI is InChI=1S/C16H20ClNO/c1-15(2)12-16(7-9-18,8-10-19-15)11-13-5-3-4-6-14(13)17/h3-6H,7-8,10-12H2,1-2H3/t16-/m0/s1. The Morgan fingerprint density at radius 3 is 2.74 bits per heavy atom. The Bertz CT molecular complexity index is 492. The van der Waals surface area contributed by atoms with Crippen LogP contribution in [0.25, 0.3) is 0 Å². The molecule has 1 fully saturated rings. The minimum Gasteiger partial charge on any atom is -0.376 e. The first-order valence-corrected chi connectivity index (χ1v) is 7.09. The van der Waals surface area contributed by atoms with E-state index in [1.54, 1.807) is 0 Å². The van der Waals surface area contributed by atoms with Crippen molar-refractivity contribution in [2.24, 2.45) is 5.41 Å². The second-order valence-electron chi connectivity index (χ2n) is 6.14. The highest BCUT2D eigenvalue weighted by molar-refractivity contribution is 6.31. The summed E-state index contributed by atoms with van der Waals surface area (Å²) in [6, 6.07) is 10.3. The van der Waals surface area contributed by atoms with Crippen LogP contribution in [-0.4, -0.2) is 12.2 Å². The summed E-state index contributed by atoms with van der Waals surface area (Å²) in [5, 5.41) is 9.97. The van der Waals surface area contributed by atoms with Crippen LogP contribution in [0.1, 0.15) is 38.7 Å². The zero-order valence-corrected chi connectivity index (χ0v) is 12.3. The van der Waals surface area contributed by atoms with E-state index < -0.39 is 0 Å². The summed E-state index contributed by atoms with van der Waals surface area (Å²) in [7, 11) is 0. The van der Waals surface area contributed by atoms with Gasteiger partial charge in [-0.25, -0.2) is 0 Å². The maximum atomic E-state index is 9.18. The van der Waals surface area contributed by atoms with Crippen LogP contribution in [-0.2, 0) is 11.2 Å². The molecule has 0 radical (unpaired) electrons. The van der Waals surface area contributed by atoms with Crippen LogP contribution < -0.4 is 0 Å². The number of hydrogen-bond acceptors (Lipinski definition) is 2. The van der Waals surface area contributed by atoms with Crippen molar-refractivity contribution in [3.05, 3.63) is 34.9 Å². The fourth-order valence-corrected chi connectivity index (χ4v) is 3.37. The Balaban J connectivity index is 2.25. The van der Waals surface area contributed by atoms with Crippen LogP contribution in [0.4, 0.5) is 0 Å². The lowest BCUT2D eigenvalue weighted by atomic mass is 9.68. The van der Waals surface area contributed by atoms with Crippen molar-refractivity contribution >= 4 is 11.6 Å². The number of nitrogens with zero attached hydrogens (tertiary/aromatic N) is 1. The fourth-order valence-electron chi connectivity index (χ4n) is 3.16. The molecule has 3 heteroatoms. The van der Waals surface area contributed by atoms with Gasteiger partial charge in [0.15, 0.2) is 0 Å². The third-order valence-electron chi connectivity index (χ3n) is 3.90. The van der Waals surface area contributed by atoms with Crippen molar-refractivity contribution in [1.82, 2.24) is 0 Å². The van der Waals surface area contributed by atoms with Gasteiger partial charge in [-0.05, 0) is 50.2 Å². The molecule has 1 aromatic rings. The van der Waals surface area contributed by atoms with Gasteiger partial charge in [-0.2, -0.15) is 5.26 Å². The predicted octanol–water partition coefficient (Wildman–Crippen LogP) is 4.37. The van der Waals surface area contributed by atoms with E-state index >= 15 is 0 Å². The quantitative estimate of drug-likeness (QED) is 0.822. The van der Waals surface area contributed by atoms with E-state index in [0.717, 1.165) is 36.5 Å². The molecule has 2 rings (SSSR count). The molecule has 0 amide bonds.